The van der Waals surface area contributed by atoms with Crippen LogP contribution in [-0.2, 0) is 16.1 Å². The normalized spacial score (nSPS) is 28.4. The molecule has 1 aliphatic heterocycles. The van der Waals surface area contributed by atoms with Gasteiger partial charge in [0.2, 0.25) is 0 Å². The van der Waals surface area contributed by atoms with E-state index in [1.54, 1.807) is 4.90 Å². The number of carbonyl (C=O) groups is 1. The highest BCUT2D eigenvalue weighted by molar-refractivity contribution is 6.18. The first-order valence-corrected chi connectivity index (χ1v) is 12.1. The number of carbonyl (C=O) groups excluding carboxylic acids is 1. The van der Waals surface area contributed by atoms with Gasteiger partial charge in [-0.1, -0.05) is 91.0 Å². The summed E-state index contributed by atoms with van der Waals surface area (Å²) in [5.74, 6) is -0.230. The fourth-order valence-electron chi connectivity index (χ4n) is 5.16. The molecule has 176 valence electrons. The molecule has 1 saturated heterocycles. The van der Waals surface area contributed by atoms with Crippen LogP contribution in [0.4, 0.5) is 4.79 Å². The zero-order valence-corrected chi connectivity index (χ0v) is 19.6. The molecule has 2 fully saturated rings. The van der Waals surface area contributed by atoms with Crippen LogP contribution in [0.3, 0.4) is 0 Å². The van der Waals surface area contributed by atoms with E-state index in [-0.39, 0.29) is 30.0 Å². The van der Waals surface area contributed by atoms with E-state index in [1.165, 1.54) is 0 Å². The van der Waals surface area contributed by atoms with Crippen molar-refractivity contribution in [3.63, 3.8) is 0 Å². The highest BCUT2D eigenvalue weighted by Crippen LogP contribution is 2.51. The SMILES string of the molecule is O=C1O[C@@H](c2ccccc2)[C@@H](c2ccccc2)N1[C@@H]1C[C@](O)(CCl)[C@H]1COCc1ccccc1. The first-order chi connectivity index (χ1) is 16.6. The van der Waals surface area contributed by atoms with Crippen LogP contribution < -0.4 is 0 Å². The smallest absolute Gasteiger partial charge is 0.411 e. The summed E-state index contributed by atoms with van der Waals surface area (Å²) in [6.45, 7) is 0.728. The van der Waals surface area contributed by atoms with Crippen molar-refractivity contribution in [2.75, 3.05) is 12.5 Å². The third-order valence-corrected chi connectivity index (χ3v) is 7.47. The van der Waals surface area contributed by atoms with E-state index >= 15 is 0 Å². The molecule has 0 bridgehead atoms. The molecule has 6 heteroatoms. The van der Waals surface area contributed by atoms with Crippen molar-refractivity contribution < 1.29 is 19.4 Å². The molecule has 0 aromatic heterocycles. The lowest BCUT2D eigenvalue weighted by atomic mass is 9.65. The van der Waals surface area contributed by atoms with E-state index in [1.807, 2.05) is 91.0 Å². The summed E-state index contributed by atoms with van der Waals surface area (Å²) in [5.41, 5.74) is 1.90. The number of benzene rings is 3. The van der Waals surface area contributed by atoms with Crippen molar-refractivity contribution >= 4 is 17.7 Å². The Bertz CT molecular complexity index is 1100. The molecule has 1 saturated carbocycles. The maximum atomic E-state index is 13.3. The lowest BCUT2D eigenvalue weighted by molar-refractivity contribution is -0.156. The highest BCUT2D eigenvalue weighted by Gasteiger charge is 2.60. The van der Waals surface area contributed by atoms with Gasteiger partial charge >= 0.3 is 6.09 Å². The van der Waals surface area contributed by atoms with Gasteiger partial charge in [0, 0.05) is 12.0 Å². The number of aliphatic hydroxyl groups is 1. The molecule has 1 heterocycles. The second kappa shape index (κ2) is 9.79. The van der Waals surface area contributed by atoms with Crippen molar-refractivity contribution in [3.05, 3.63) is 108 Å². The van der Waals surface area contributed by atoms with Crippen LogP contribution in [0.1, 0.15) is 35.3 Å². The average Bonchev–Trinajstić information content (AvgIpc) is 3.23. The van der Waals surface area contributed by atoms with Crippen LogP contribution >= 0.6 is 11.6 Å². The molecule has 5 nitrogen and oxygen atoms in total. The first kappa shape index (κ1) is 22.9. The molecule has 0 radical (unpaired) electrons. The monoisotopic (exact) mass is 477 g/mol. The van der Waals surface area contributed by atoms with Gasteiger partial charge in [0.05, 0.1) is 24.7 Å². The molecular weight excluding hydrogens is 450 g/mol. The van der Waals surface area contributed by atoms with E-state index in [4.69, 9.17) is 21.1 Å². The minimum atomic E-state index is -1.09. The fourth-order valence-corrected chi connectivity index (χ4v) is 5.46. The molecule has 1 aliphatic carbocycles. The van der Waals surface area contributed by atoms with E-state index in [0.717, 1.165) is 16.7 Å². The zero-order chi connectivity index (χ0) is 23.5. The molecular formula is C28H28ClNO4. The van der Waals surface area contributed by atoms with E-state index < -0.39 is 11.7 Å². The van der Waals surface area contributed by atoms with Crippen LogP contribution in [0.5, 0.6) is 0 Å². The minimum Gasteiger partial charge on any atom is -0.439 e. The van der Waals surface area contributed by atoms with Crippen molar-refractivity contribution in [2.45, 2.75) is 36.8 Å². The number of halogens is 1. The largest absolute Gasteiger partial charge is 0.439 e. The van der Waals surface area contributed by atoms with Crippen molar-refractivity contribution in [2.24, 2.45) is 5.92 Å². The highest BCUT2D eigenvalue weighted by atomic mass is 35.5. The molecule has 5 rings (SSSR count). The number of nitrogens with zero attached hydrogens (tertiary/aromatic N) is 1. The first-order valence-electron chi connectivity index (χ1n) is 11.6. The second-order valence-corrected chi connectivity index (χ2v) is 9.36. The van der Waals surface area contributed by atoms with Gasteiger partial charge in [-0.05, 0) is 23.1 Å². The van der Waals surface area contributed by atoms with Crippen LogP contribution in [0, 0.1) is 5.92 Å². The zero-order valence-electron chi connectivity index (χ0n) is 18.8. The van der Waals surface area contributed by atoms with E-state index in [9.17, 15) is 9.90 Å². The number of hydrogen-bond acceptors (Lipinski definition) is 4. The summed E-state index contributed by atoms with van der Waals surface area (Å²) in [6, 6.07) is 29.1. The molecule has 3 aromatic carbocycles. The molecule has 1 amide bonds. The summed E-state index contributed by atoms with van der Waals surface area (Å²) in [7, 11) is 0. The molecule has 34 heavy (non-hydrogen) atoms. The topological polar surface area (TPSA) is 59.0 Å². The van der Waals surface area contributed by atoms with Crippen LogP contribution in [-0.4, -0.2) is 40.2 Å². The van der Waals surface area contributed by atoms with Gasteiger partial charge in [-0.15, -0.1) is 11.6 Å². The molecule has 3 aromatic rings. The van der Waals surface area contributed by atoms with Crippen molar-refractivity contribution in [3.8, 4) is 0 Å². The Hall–Kier alpha value is -2.86. The third kappa shape index (κ3) is 4.31. The standard InChI is InChI=1S/C28H28ClNO4/c29-19-28(32)16-24(23(28)18-33-17-20-10-4-1-5-11-20)30-25(21-12-6-2-7-13-21)26(34-27(30)31)22-14-8-3-9-15-22/h1-15,23-26,32H,16-19H2/t23-,24+,25+,26-,28-/m0/s1. The van der Waals surface area contributed by atoms with Crippen LogP contribution in [0.2, 0.25) is 0 Å². The van der Waals surface area contributed by atoms with Crippen LogP contribution in [0.25, 0.3) is 0 Å². The van der Waals surface area contributed by atoms with Gasteiger partial charge in [0.25, 0.3) is 0 Å². The Morgan fingerprint density at radius 1 is 0.941 bits per heavy atom. The lowest BCUT2D eigenvalue weighted by Crippen LogP contribution is -2.66. The number of amides is 1. The van der Waals surface area contributed by atoms with Gasteiger partial charge in [0.15, 0.2) is 6.10 Å². The number of ether oxygens (including phenoxy) is 2. The maximum absolute atomic E-state index is 13.3. The average molecular weight is 478 g/mol. The Kier molecular flexibility index (Phi) is 6.59. The maximum Gasteiger partial charge on any atom is 0.411 e. The predicted octanol–water partition coefficient (Wildman–Crippen LogP) is 5.50. The molecule has 5 atom stereocenters. The van der Waals surface area contributed by atoms with Gasteiger partial charge in [-0.2, -0.15) is 0 Å². The number of alkyl halides is 1. The Labute approximate surface area is 204 Å². The predicted molar refractivity (Wildman–Crippen MR) is 130 cm³/mol. The van der Waals surface area contributed by atoms with Crippen LogP contribution in [0.15, 0.2) is 91.0 Å². The van der Waals surface area contributed by atoms with E-state index in [2.05, 4.69) is 0 Å². The summed E-state index contributed by atoms with van der Waals surface area (Å²) in [6.07, 6.45) is -0.431. The Morgan fingerprint density at radius 2 is 1.53 bits per heavy atom. The van der Waals surface area contributed by atoms with Gasteiger partial charge in [-0.3, -0.25) is 4.90 Å². The summed E-state index contributed by atoms with van der Waals surface area (Å²) in [5, 5.41) is 11.1. The molecule has 1 N–H and O–H groups in total. The van der Waals surface area contributed by atoms with E-state index in [0.29, 0.717) is 19.6 Å². The summed E-state index contributed by atoms with van der Waals surface area (Å²) < 4.78 is 11.9. The number of cyclic esters (lactones) is 1. The third-order valence-electron chi connectivity index (χ3n) is 7.01. The number of hydrogen-bond donors (Lipinski definition) is 1. The Morgan fingerprint density at radius 3 is 2.15 bits per heavy atom. The fraction of sp³-hybridized carbons (Fsp3) is 0.321. The van der Waals surface area contributed by atoms with Gasteiger partial charge in [0.1, 0.15) is 6.04 Å². The molecule has 2 aliphatic rings. The summed E-state index contributed by atoms with van der Waals surface area (Å²) >= 11 is 6.18. The second-order valence-electron chi connectivity index (χ2n) is 9.09. The summed E-state index contributed by atoms with van der Waals surface area (Å²) in [4.78, 5) is 15.1. The quantitative estimate of drug-likeness (QED) is 0.435. The van der Waals surface area contributed by atoms with Crippen molar-refractivity contribution in [1.82, 2.24) is 4.90 Å². The molecule has 0 unspecified atom stereocenters. The minimum absolute atomic E-state index is 0.0872. The Balaban J connectivity index is 1.41. The number of rotatable bonds is 8. The van der Waals surface area contributed by atoms with Gasteiger partial charge < -0.3 is 14.6 Å². The lowest BCUT2D eigenvalue weighted by Gasteiger charge is -2.54. The molecule has 0 spiro atoms. The van der Waals surface area contributed by atoms with Gasteiger partial charge in [-0.25, -0.2) is 4.79 Å². The van der Waals surface area contributed by atoms with Crippen molar-refractivity contribution in [1.29, 1.82) is 0 Å².